The normalized spacial score (nSPS) is 9.92. The monoisotopic (exact) mass is 356 g/mol. The van der Waals surface area contributed by atoms with Crippen LogP contribution in [0.5, 0.6) is 5.75 Å². The fourth-order valence-electron chi connectivity index (χ4n) is 2.16. The van der Waals surface area contributed by atoms with Crippen LogP contribution in [0, 0.1) is 0 Å². The zero-order valence-corrected chi connectivity index (χ0v) is 14.6. The Hall–Kier alpha value is -3.35. The van der Waals surface area contributed by atoms with Crippen LogP contribution in [-0.2, 0) is 9.53 Å². The maximum Gasteiger partial charge on any atom is 0.325 e. The van der Waals surface area contributed by atoms with Crippen molar-refractivity contribution in [1.29, 1.82) is 0 Å². The summed E-state index contributed by atoms with van der Waals surface area (Å²) in [6.45, 7) is 2.15. The zero-order chi connectivity index (χ0) is 18.9. The molecule has 0 aliphatic heterocycles. The Labute approximate surface area is 151 Å². The van der Waals surface area contributed by atoms with Gasteiger partial charge in [-0.1, -0.05) is 12.1 Å². The van der Waals surface area contributed by atoms with Gasteiger partial charge in [0.15, 0.2) is 0 Å². The first-order chi connectivity index (χ1) is 12.5. The molecule has 0 bridgehead atoms. The van der Waals surface area contributed by atoms with Crippen molar-refractivity contribution in [3.63, 3.8) is 0 Å². The number of methoxy groups -OCH3 is 1. The van der Waals surface area contributed by atoms with E-state index in [2.05, 4.69) is 15.4 Å². The van der Waals surface area contributed by atoms with Gasteiger partial charge >= 0.3 is 5.97 Å². The predicted octanol–water partition coefficient (Wildman–Crippen LogP) is 2.24. The van der Waals surface area contributed by atoms with Crippen molar-refractivity contribution in [2.75, 3.05) is 25.6 Å². The third-order valence-corrected chi connectivity index (χ3v) is 3.41. The topological polar surface area (TPSA) is 93.7 Å². The van der Waals surface area contributed by atoms with E-state index in [1.54, 1.807) is 42.5 Å². The number of anilines is 1. The fourth-order valence-corrected chi connectivity index (χ4v) is 2.16. The minimum absolute atomic E-state index is 0.226. The van der Waals surface area contributed by atoms with Crippen LogP contribution in [0.1, 0.15) is 27.6 Å². The Morgan fingerprint density at radius 3 is 2.35 bits per heavy atom. The largest absolute Gasteiger partial charge is 0.494 e. The number of rotatable bonds is 7. The molecule has 0 saturated heterocycles. The lowest BCUT2D eigenvalue weighted by Gasteiger charge is -2.09. The molecular formula is C19H20N2O5. The van der Waals surface area contributed by atoms with Crippen LogP contribution in [0.2, 0.25) is 0 Å². The summed E-state index contributed by atoms with van der Waals surface area (Å²) in [6.07, 6.45) is 0. The van der Waals surface area contributed by atoms with Gasteiger partial charge in [-0.05, 0) is 43.3 Å². The van der Waals surface area contributed by atoms with Crippen molar-refractivity contribution in [2.24, 2.45) is 0 Å². The van der Waals surface area contributed by atoms with Crippen LogP contribution in [0.25, 0.3) is 0 Å². The Balaban J connectivity index is 2.05. The van der Waals surface area contributed by atoms with Crippen LogP contribution in [0.3, 0.4) is 0 Å². The Morgan fingerprint density at radius 1 is 0.962 bits per heavy atom. The maximum atomic E-state index is 12.4. The van der Waals surface area contributed by atoms with Gasteiger partial charge in [0, 0.05) is 16.8 Å². The number of ether oxygens (including phenoxy) is 2. The molecule has 7 nitrogen and oxygen atoms in total. The molecule has 0 spiro atoms. The van der Waals surface area contributed by atoms with Gasteiger partial charge in [0.1, 0.15) is 12.3 Å². The van der Waals surface area contributed by atoms with E-state index in [4.69, 9.17) is 4.74 Å². The van der Waals surface area contributed by atoms with E-state index < -0.39 is 11.9 Å². The first kappa shape index (κ1) is 19.0. The highest BCUT2D eigenvalue weighted by Gasteiger charge is 2.11. The van der Waals surface area contributed by atoms with Crippen LogP contribution >= 0.6 is 0 Å². The van der Waals surface area contributed by atoms with Gasteiger partial charge in [-0.3, -0.25) is 14.4 Å². The van der Waals surface area contributed by atoms with E-state index in [9.17, 15) is 14.4 Å². The number of benzene rings is 2. The van der Waals surface area contributed by atoms with Crippen molar-refractivity contribution in [2.45, 2.75) is 6.92 Å². The van der Waals surface area contributed by atoms with E-state index in [1.165, 1.54) is 13.2 Å². The number of carbonyl (C=O) groups excluding carboxylic acids is 3. The second-order valence-corrected chi connectivity index (χ2v) is 5.25. The van der Waals surface area contributed by atoms with Crippen molar-refractivity contribution in [3.8, 4) is 5.75 Å². The van der Waals surface area contributed by atoms with Gasteiger partial charge in [-0.15, -0.1) is 0 Å². The number of hydrogen-bond acceptors (Lipinski definition) is 5. The summed E-state index contributed by atoms with van der Waals surface area (Å²) >= 11 is 0. The molecule has 0 heterocycles. The summed E-state index contributed by atoms with van der Waals surface area (Å²) in [7, 11) is 1.24. The fraction of sp³-hybridized carbons (Fsp3) is 0.211. The lowest BCUT2D eigenvalue weighted by atomic mass is 10.1. The van der Waals surface area contributed by atoms with Crippen molar-refractivity contribution >= 4 is 23.5 Å². The van der Waals surface area contributed by atoms with Gasteiger partial charge in [0.2, 0.25) is 0 Å². The molecule has 2 rings (SSSR count). The molecule has 0 radical (unpaired) electrons. The van der Waals surface area contributed by atoms with Gasteiger partial charge in [-0.2, -0.15) is 0 Å². The van der Waals surface area contributed by atoms with Crippen LogP contribution < -0.4 is 15.4 Å². The van der Waals surface area contributed by atoms with Crippen LogP contribution in [0.15, 0.2) is 48.5 Å². The molecular weight excluding hydrogens is 336 g/mol. The maximum absolute atomic E-state index is 12.4. The average molecular weight is 356 g/mol. The first-order valence-corrected chi connectivity index (χ1v) is 8.02. The summed E-state index contributed by atoms with van der Waals surface area (Å²) in [4.78, 5) is 35.5. The molecule has 136 valence electrons. The van der Waals surface area contributed by atoms with Crippen molar-refractivity contribution in [1.82, 2.24) is 5.32 Å². The molecule has 2 amide bonds. The number of esters is 1. The quantitative estimate of drug-likeness (QED) is 0.742. The summed E-state index contributed by atoms with van der Waals surface area (Å²) in [5.74, 6) is -0.698. The number of nitrogens with one attached hydrogen (secondary N) is 2. The molecule has 0 fully saturated rings. The molecule has 0 aliphatic rings. The minimum atomic E-state index is -0.544. The molecule has 2 aromatic carbocycles. The first-order valence-electron chi connectivity index (χ1n) is 8.02. The second-order valence-electron chi connectivity index (χ2n) is 5.25. The van der Waals surface area contributed by atoms with Gasteiger partial charge in [0.25, 0.3) is 11.8 Å². The van der Waals surface area contributed by atoms with Gasteiger partial charge < -0.3 is 20.1 Å². The Kier molecular flexibility index (Phi) is 6.73. The Bertz CT molecular complexity index is 804. The number of carbonyl (C=O) groups is 3. The molecule has 2 aromatic rings. The van der Waals surface area contributed by atoms with E-state index >= 15 is 0 Å². The van der Waals surface area contributed by atoms with Crippen LogP contribution in [0.4, 0.5) is 5.69 Å². The van der Waals surface area contributed by atoms with Gasteiger partial charge in [0.05, 0.1) is 13.7 Å². The van der Waals surface area contributed by atoms with E-state index in [-0.39, 0.29) is 12.5 Å². The van der Waals surface area contributed by atoms with E-state index in [1.807, 2.05) is 6.92 Å². The minimum Gasteiger partial charge on any atom is -0.494 e. The SMILES string of the molecule is CCOc1cccc(C(=O)Nc2cccc(C(=O)NCC(=O)OC)c2)c1. The lowest BCUT2D eigenvalue weighted by molar-refractivity contribution is -0.139. The highest BCUT2D eigenvalue weighted by atomic mass is 16.5. The second kappa shape index (κ2) is 9.22. The summed E-state index contributed by atoms with van der Waals surface area (Å²) < 4.78 is 9.85. The molecule has 7 heteroatoms. The summed E-state index contributed by atoms with van der Waals surface area (Å²) in [5, 5.41) is 5.17. The highest BCUT2D eigenvalue weighted by Crippen LogP contribution is 2.16. The van der Waals surface area contributed by atoms with Gasteiger partial charge in [-0.25, -0.2) is 0 Å². The third kappa shape index (κ3) is 5.34. The average Bonchev–Trinajstić information content (AvgIpc) is 2.66. The van der Waals surface area contributed by atoms with E-state index in [0.29, 0.717) is 29.2 Å². The van der Waals surface area contributed by atoms with Crippen molar-refractivity contribution < 1.29 is 23.9 Å². The molecule has 2 N–H and O–H groups in total. The standard InChI is InChI=1S/C19H20N2O5/c1-3-26-16-9-5-7-14(11-16)19(24)21-15-8-4-6-13(10-15)18(23)20-12-17(22)25-2/h4-11H,3,12H2,1-2H3,(H,20,23)(H,21,24). The predicted molar refractivity (Wildman–Crippen MR) is 96.4 cm³/mol. The smallest absolute Gasteiger partial charge is 0.325 e. The third-order valence-electron chi connectivity index (χ3n) is 3.41. The molecule has 0 saturated carbocycles. The summed E-state index contributed by atoms with van der Waals surface area (Å²) in [6, 6.07) is 13.2. The molecule has 26 heavy (non-hydrogen) atoms. The lowest BCUT2D eigenvalue weighted by Crippen LogP contribution is -2.30. The van der Waals surface area contributed by atoms with Crippen LogP contribution in [-0.4, -0.2) is 38.0 Å². The molecule has 0 atom stereocenters. The molecule has 0 aliphatic carbocycles. The molecule has 0 aromatic heterocycles. The number of hydrogen-bond donors (Lipinski definition) is 2. The van der Waals surface area contributed by atoms with E-state index in [0.717, 1.165) is 0 Å². The number of amides is 2. The zero-order valence-electron chi connectivity index (χ0n) is 14.6. The highest BCUT2D eigenvalue weighted by molar-refractivity contribution is 6.05. The molecule has 0 unspecified atom stereocenters. The Morgan fingerprint density at radius 2 is 1.65 bits per heavy atom. The van der Waals surface area contributed by atoms with Crippen molar-refractivity contribution in [3.05, 3.63) is 59.7 Å². The summed E-state index contributed by atoms with van der Waals surface area (Å²) in [5.41, 5.74) is 1.22.